The maximum absolute atomic E-state index is 13.6. The predicted molar refractivity (Wildman–Crippen MR) is 139 cm³/mol. The minimum Gasteiger partial charge on any atom is -0.481 e. The van der Waals surface area contributed by atoms with E-state index in [0.29, 0.717) is 5.02 Å². The van der Waals surface area contributed by atoms with Gasteiger partial charge in [-0.2, -0.15) is 5.01 Å². The highest BCUT2D eigenvalue weighted by molar-refractivity contribution is 6.30. The number of amides is 4. The second-order valence-corrected chi connectivity index (χ2v) is 9.53. The number of aliphatic carboxylic acids is 1. The van der Waals surface area contributed by atoms with Gasteiger partial charge in [-0.15, -0.1) is 6.42 Å². The summed E-state index contributed by atoms with van der Waals surface area (Å²) < 4.78 is 0. The highest BCUT2D eigenvalue weighted by Gasteiger charge is 2.51. The maximum atomic E-state index is 13.6. The number of terminal acetylenes is 1. The van der Waals surface area contributed by atoms with Crippen molar-refractivity contribution in [1.29, 1.82) is 0 Å². The number of carbonyl (C=O) groups excluding carboxylic acids is 3. The largest absolute Gasteiger partial charge is 0.481 e. The van der Waals surface area contributed by atoms with Gasteiger partial charge in [0.1, 0.15) is 12.2 Å². The summed E-state index contributed by atoms with van der Waals surface area (Å²) in [6, 6.07) is 14.8. The smallest absolute Gasteiger partial charge is 0.334 e. The van der Waals surface area contributed by atoms with Gasteiger partial charge in [0.25, 0.3) is 0 Å². The normalized spacial score (nSPS) is 19.6. The van der Waals surface area contributed by atoms with Gasteiger partial charge in [-0.3, -0.25) is 14.4 Å². The molecule has 11 heteroatoms. The number of nitrogens with zero attached hydrogens (tertiary/aromatic N) is 4. The predicted octanol–water partition coefficient (Wildman–Crippen LogP) is 2.15. The number of benzene rings is 2. The van der Waals surface area contributed by atoms with Crippen molar-refractivity contribution in [2.45, 2.75) is 38.1 Å². The van der Waals surface area contributed by atoms with Gasteiger partial charge in [0.2, 0.25) is 11.8 Å². The molecule has 0 aromatic heterocycles. The van der Waals surface area contributed by atoms with E-state index in [-0.39, 0.29) is 51.5 Å². The SMILES string of the molecule is C#CCN1CC(=O)N2[C@@H](CCC(=O)O)C(=O)N(Cc3cccc(Cl)c3)C[C@@H]2N1C(=O)NCc1ccccc1. The van der Waals surface area contributed by atoms with Crippen molar-refractivity contribution in [3.8, 4) is 12.3 Å². The Morgan fingerprint density at radius 3 is 2.53 bits per heavy atom. The minimum absolute atomic E-state index is 0.00311. The lowest BCUT2D eigenvalue weighted by Gasteiger charge is -2.54. The summed E-state index contributed by atoms with van der Waals surface area (Å²) in [6.07, 6.45) is 4.28. The number of rotatable bonds is 8. The Balaban J connectivity index is 1.66. The van der Waals surface area contributed by atoms with Crippen LogP contribution in [0.1, 0.15) is 24.0 Å². The first-order valence-corrected chi connectivity index (χ1v) is 12.5. The standard InChI is InChI=1S/C27H28ClN5O5/c1-2-13-31-18-24(34)32-22(11-12-25(35)36)26(37)30(16-20-9-6-10-21(28)14-20)17-23(32)33(31)27(38)29-15-19-7-4-3-5-8-19/h1,3-10,14,22-23H,11-13,15-18H2,(H,29,38)(H,35,36)/t22-,23-/m0/s1. The van der Waals surface area contributed by atoms with Crippen molar-refractivity contribution in [3.63, 3.8) is 0 Å². The Labute approximate surface area is 225 Å². The summed E-state index contributed by atoms with van der Waals surface area (Å²) in [6.45, 7) is 0.215. The van der Waals surface area contributed by atoms with E-state index < -0.39 is 30.1 Å². The summed E-state index contributed by atoms with van der Waals surface area (Å²) in [5.41, 5.74) is 1.65. The lowest BCUT2D eigenvalue weighted by Crippen LogP contribution is -2.76. The Kier molecular flexibility index (Phi) is 8.51. The van der Waals surface area contributed by atoms with E-state index in [9.17, 15) is 24.3 Å². The number of urea groups is 1. The summed E-state index contributed by atoms with van der Waals surface area (Å²) in [5, 5.41) is 15.6. The zero-order chi connectivity index (χ0) is 27.2. The van der Waals surface area contributed by atoms with Crippen molar-refractivity contribution in [1.82, 2.24) is 25.1 Å². The summed E-state index contributed by atoms with van der Waals surface area (Å²) in [7, 11) is 0. The number of halogens is 1. The molecule has 2 N–H and O–H groups in total. The van der Waals surface area contributed by atoms with Crippen molar-refractivity contribution in [2.75, 3.05) is 19.6 Å². The van der Waals surface area contributed by atoms with Crippen LogP contribution in [0.3, 0.4) is 0 Å². The van der Waals surface area contributed by atoms with E-state index in [1.165, 1.54) is 19.8 Å². The topological polar surface area (TPSA) is 114 Å². The number of carboxylic acids is 1. The number of fused-ring (bicyclic) bond motifs is 1. The molecule has 0 radical (unpaired) electrons. The Hall–Kier alpha value is -4.07. The Morgan fingerprint density at radius 1 is 1.11 bits per heavy atom. The quantitative estimate of drug-likeness (QED) is 0.499. The Morgan fingerprint density at radius 2 is 1.84 bits per heavy atom. The summed E-state index contributed by atoms with van der Waals surface area (Å²) in [5.74, 6) is 0.621. The third-order valence-corrected chi connectivity index (χ3v) is 6.73. The lowest BCUT2D eigenvalue weighted by molar-refractivity contribution is -0.190. The number of piperazine rings is 1. The second kappa shape index (κ2) is 12.0. The Bertz CT molecular complexity index is 1250. The van der Waals surface area contributed by atoms with Gasteiger partial charge in [-0.25, -0.2) is 9.80 Å². The van der Waals surface area contributed by atoms with E-state index in [2.05, 4.69) is 11.2 Å². The maximum Gasteiger partial charge on any atom is 0.334 e. The fourth-order valence-corrected chi connectivity index (χ4v) is 5.04. The summed E-state index contributed by atoms with van der Waals surface area (Å²) >= 11 is 6.14. The monoisotopic (exact) mass is 537 g/mol. The number of hydrogen-bond donors (Lipinski definition) is 2. The average Bonchev–Trinajstić information content (AvgIpc) is 2.88. The molecule has 2 aliphatic heterocycles. The molecule has 0 saturated carbocycles. The van der Waals surface area contributed by atoms with Crippen LogP contribution in [-0.4, -0.2) is 80.6 Å². The van der Waals surface area contributed by atoms with Crippen molar-refractivity contribution in [2.24, 2.45) is 0 Å². The molecule has 38 heavy (non-hydrogen) atoms. The molecule has 4 amide bonds. The fraction of sp³-hybridized carbons (Fsp3) is 0.333. The van der Waals surface area contributed by atoms with E-state index in [1.54, 1.807) is 18.2 Å². The molecule has 0 bridgehead atoms. The fourth-order valence-electron chi connectivity index (χ4n) is 4.83. The first-order chi connectivity index (χ1) is 18.3. The van der Waals surface area contributed by atoms with E-state index in [0.717, 1.165) is 11.1 Å². The van der Waals surface area contributed by atoms with Crippen LogP contribution in [0.25, 0.3) is 0 Å². The minimum atomic E-state index is -1.09. The van der Waals surface area contributed by atoms with Crippen LogP contribution < -0.4 is 5.32 Å². The second-order valence-electron chi connectivity index (χ2n) is 9.09. The highest BCUT2D eigenvalue weighted by atomic mass is 35.5. The number of nitrogens with one attached hydrogen (secondary N) is 1. The average molecular weight is 538 g/mol. The molecule has 198 valence electrons. The molecule has 2 fully saturated rings. The number of hydrazine groups is 1. The molecule has 0 spiro atoms. The number of carboxylic acid groups (broad SMARTS) is 1. The molecule has 2 aromatic rings. The summed E-state index contributed by atoms with van der Waals surface area (Å²) in [4.78, 5) is 54.6. The first-order valence-electron chi connectivity index (χ1n) is 12.1. The van der Waals surface area contributed by atoms with Gasteiger partial charge in [0, 0.05) is 24.5 Å². The van der Waals surface area contributed by atoms with Crippen LogP contribution in [0.4, 0.5) is 4.79 Å². The molecule has 0 unspecified atom stereocenters. The van der Waals surface area contributed by atoms with Crippen molar-refractivity contribution in [3.05, 3.63) is 70.7 Å². The van der Waals surface area contributed by atoms with E-state index in [4.69, 9.17) is 18.0 Å². The van der Waals surface area contributed by atoms with Crippen LogP contribution in [0.5, 0.6) is 0 Å². The molecule has 2 heterocycles. The van der Waals surface area contributed by atoms with Gasteiger partial charge in [0.15, 0.2) is 0 Å². The molecule has 2 atom stereocenters. The van der Waals surface area contributed by atoms with Gasteiger partial charge >= 0.3 is 12.0 Å². The molecule has 2 aromatic carbocycles. The van der Waals surface area contributed by atoms with Crippen molar-refractivity contribution >= 4 is 35.4 Å². The van der Waals surface area contributed by atoms with E-state index >= 15 is 0 Å². The van der Waals surface area contributed by atoms with E-state index in [1.807, 2.05) is 36.4 Å². The molecule has 10 nitrogen and oxygen atoms in total. The van der Waals surface area contributed by atoms with Gasteiger partial charge in [-0.05, 0) is 29.7 Å². The van der Waals surface area contributed by atoms with Gasteiger partial charge < -0.3 is 20.2 Å². The van der Waals surface area contributed by atoms with Gasteiger partial charge in [0.05, 0.1) is 19.6 Å². The van der Waals surface area contributed by atoms with Crippen LogP contribution in [0.15, 0.2) is 54.6 Å². The number of carbonyl (C=O) groups is 4. The zero-order valence-corrected chi connectivity index (χ0v) is 21.4. The first kappa shape index (κ1) is 27.0. The zero-order valence-electron chi connectivity index (χ0n) is 20.6. The van der Waals surface area contributed by atoms with Crippen LogP contribution in [0, 0.1) is 12.3 Å². The van der Waals surface area contributed by atoms with Crippen LogP contribution in [-0.2, 0) is 27.5 Å². The van der Waals surface area contributed by atoms with Crippen LogP contribution >= 0.6 is 11.6 Å². The molecular formula is C27H28ClN5O5. The van der Waals surface area contributed by atoms with Crippen LogP contribution in [0.2, 0.25) is 5.02 Å². The highest BCUT2D eigenvalue weighted by Crippen LogP contribution is 2.29. The molecule has 2 aliphatic rings. The lowest BCUT2D eigenvalue weighted by atomic mass is 10.0. The molecule has 2 saturated heterocycles. The molecular weight excluding hydrogens is 510 g/mol. The third kappa shape index (κ3) is 6.07. The third-order valence-electron chi connectivity index (χ3n) is 6.49. The molecule has 4 rings (SSSR count). The van der Waals surface area contributed by atoms with Crippen molar-refractivity contribution < 1.29 is 24.3 Å². The molecule has 0 aliphatic carbocycles. The van der Waals surface area contributed by atoms with Gasteiger partial charge in [-0.1, -0.05) is 60.0 Å². The number of hydrogen-bond acceptors (Lipinski definition) is 5.